The molecular formula is C14H23N3O. The van der Waals surface area contributed by atoms with Crippen LogP contribution in [-0.2, 0) is 6.42 Å². The highest BCUT2D eigenvalue weighted by Crippen LogP contribution is 2.13. The average molecular weight is 249 g/mol. The molecular weight excluding hydrogens is 226 g/mol. The Hall–Kier alpha value is -1.71. The van der Waals surface area contributed by atoms with Crippen molar-refractivity contribution in [2.24, 2.45) is 10.7 Å². The first kappa shape index (κ1) is 14.4. The summed E-state index contributed by atoms with van der Waals surface area (Å²) in [6, 6.07) is 8.44. The van der Waals surface area contributed by atoms with Crippen LogP contribution in [0.5, 0.6) is 5.75 Å². The van der Waals surface area contributed by atoms with Gasteiger partial charge in [0.2, 0.25) is 0 Å². The number of guanidine groups is 1. The Labute approximate surface area is 109 Å². The van der Waals surface area contributed by atoms with E-state index < -0.39 is 0 Å². The number of rotatable bonds is 6. The Morgan fingerprint density at radius 3 is 2.89 bits per heavy atom. The molecule has 0 bridgehead atoms. The van der Waals surface area contributed by atoms with Gasteiger partial charge in [-0.05, 0) is 44.4 Å². The maximum Gasteiger partial charge on any atom is 0.188 e. The molecule has 0 saturated carbocycles. The predicted molar refractivity (Wildman–Crippen MR) is 76.1 cm³/mol. The van der Waals surface area contributed by atoms with Crippen molar-refractivity contribution in [1.29, 1.82) is 0 Å². The van der Waals surface area contributed by atoms with Gasteiger partial charge < -0.3 is 15.8 Å². The van der Waals surface area contributed by atoms with Crippen LogP contribution in [0.4, 0.5) is 0 Å². The summed E-state index contributed by atoms with van der Waals surface area (Å²) in [4.78, 5) is 4.27. The highest BCUT2D eigenvalue weighted by atomic mass is 16.5. The van der Waals surface area contributed by atoms with Crippen molar-refractivity contribution in [2.75, 3.05) is 13.7 Å². The molecule has 4 heteroatoms. The number of hydrogen-bond donors (Lipinski definition) is 2. The van der Waals surface area contributed by atoms with E-state index in [1.54, 1.807) is 7.11 Å². The van der Waals surface area contributed by atoms with Crippen LogP contribution >= 0.6 is 0 Å². The molecule has 18 heavy (non-hydrogen) atoms. The molecule has 4 nitrogen and oxygen atoms in total. The second kappa shape index (κ2) is 7.58. The van der Waals surface area contributed by atoms with E-state index in [0.29, 0.717) is 12.0 Å². The summed E-state index contributed by atoms with van der Waals surface area (Å²) in [6.45, 7) is 4.82. The Balaban J connectivity index is 2.33. The van der Waals surface area contributed by atoms with Gasteiger partial charge >= 0.3 is 0 Å². The highest BCUT2D eigenvalue weighted by molar-refractivity contribution is 5.78. The van der Waals surface area contributed by atoms with E-state index in [9.17, 15) is 0 Å². The van der Waals surface area contributed by atoms with Gasteiger partial charge in [-0.2, -0.15) is 0 Å². The molecule has 0 unspecified atom stereocenters. The quantitative estimate of drug-likeness (QED) is 0.460. The fourth-order valence-electron chi connectivity index (χ4n) is 1.65. The van der Waals surface area contributed by atoms with Crippen molar-refractivity contribution in [2.45, 2.75) is 32.7 Å². The van der Waals surface area contributed by atoms with E-state index in [0.717, 1.165) is 25.1 Å². The molecule has 3 N–H and O–H groups in total. The summed E-state index contributed by atoms with van der Waals surface area (Å²) < 4.78 is 5.19. The summed E-state index contributed by atoms with van der Waals surface area (Å²) in [5, 5.41) is 3.07. The molecule has 0 amide bonds. The van der Waals surface area contributed by atoms with E-state index in [1.165, 1.54) is 5.56 Å². The molecule has 0 spiro atoms. The van der Waals surface area contributed by atoms with E-state index in [1.807, 2.05) is 26.0 Å². The summed E-state index contributed by atoms with van der Waals surface area (Å²) in [5.41, 5.74) is 6.98. The van der Waals surface area contributed by atoms with Gasteiger partial charge in [0.05, 0.1) is 7.11 Å². The zero-order valence-corrected chi connectivity index (χ0v) is 11.4. The van der Waals surface area contributed by atoms with Gasteiger partial charge in [0.1, 0.15) is 5.75 Å². The lowest BCUT2D eigenvalue weighted by Gasteiger charge is -2.08. The molecule has 0 aromatic heterocycles. The first-order valence-electron chi connectivity index (χ1n) is 6.31. The standard InChI is InChI=1S/C14H23N3O/c1-11(2)17-14(15)16-9-5-7-12-6-4-8-13(10-12)18-3/h4,6,8,10-11H,5,7,9H2,1-3H3,(H3,15,16,17). The Morgan fingerprint density at radius 1 is 1.44 bits per heavy atom. The second-order valence-corrected chi connectivity index (χ2v) is 4.52. The molecule has 0 aliphatic heterocycles. The van der Waals surface area contributed by atoms with Gasteiger partial charge in [0.25, 0.3) is 0 Å². The summed E-state index contributed by atoms with van der Waals surface area (Å²) in [5.74, 6) is 1.42. The van der Waals surface area contributed by atoms with Crippen molar-refractivity contribution in [1.82, 2.24) is 5.32 Å². The lowest BCUT2D eigenvalue weighted by atomic mass is 10.1. The third kappa shape index (κ3) is 5.57. The second-order valence-electron chi connectivity index (χ2n) is 4.52. The summed E-state index contributed by atoms with van der Waals surface area (Å²) >= 11 is 0. The molecule has 0 fully saturated rings. The summed E-state index contributed by atoms with van der Waals surface area (Å²) in [6.07, 6.45) is 1.96. The van der Waals surface area contributed by atoms with E-state index >= 15 is 0 Å². The third-order valence-electron chi connectivity index (χ3n) is 2.48. The van der Waals surface area contributed by atoms with Crippen LogP contribution < -0.4 is 15.8 Å². The van der Waals surface area contributed by atoms with Crippen LogP contribution in [0.1, 0.15) is 25.8 Å². The molecule has 0 aliphatic carbocycles. The number of aryl methyl sites for hydroxylation is 1. The number of benzene rings is 1. The number of nitrogens with zero attached hydrogens (tertiary/aromatic N) is 1. The normalized spacial score (nSPS) is 11.7. The lowest BCUT2D eigenvalue weighted by molar-refractivity contribution is 0.414. The molecule has 0 atom stereocenters. The maximum absolute atomic E-state index is 5.72. The minimum atomic E-state index is 0.326. The van der Waals surface area contributed by atoms with Crippen molar-refractivity contribution in [3.05, 3.63) is 29.8 Å². The zero-order valence-electron chi connectivity index (χ0n) is 11.4. The SMILES string of the molecule is COc1cccc(CCCN=C(N)NC(C)C)c1. The van der Waals surface area contributed by atoms with Crippen molar-refractivity contribution < 1.29 is 4.74 Å². The minimum Gasteiger partial charge on any atom is -0.497 e. The van der Waals surface area contributed by atoms with E-state index in [2.05, 4.69) is 22.4 Å². The number of nitrogens with two attached hydrogens (primary N) is 1. The van der Waals surface area contributed by atoms with Crippen LogP contribution in [0, 0.1) is 0 Å². The van der Waals surface area contributed by atoms with Crippen molar-refractivity contribution in [3.8, 4) is 5.75 Å². The lowest BCUT2D eigenvalue weighted by Crippen LogP contribution is -2.36. The van der Waals surface area contributed by atoms with Crippen LogP contribution in [0.3, 0.4) is 0 Å². The average Bonchev–Trinajstić information content (AvgIpc) is 2.34. The van der Waals surface area contributed by atoms with E-state index in [4.69, 9.17) is 10.5 Å². The number of hydrogen-bond acceptors (Lipinski definition) is 2. The number of nitrogens with one attached hydrogen (secondary N) is 1. The minimum absolute atomic E-state index is 0.326. The monoisotopic (exact) mass is 249 g/mol. The largest absolute Gasteiger partial charge is 0.497 e. The number of ether oxygens (including phenoxy) is 1. The van der Waals surface area contributed by atoms with Crippen LogP contribution in [0.25, 0.3) is 0 Å². The van der Waals surface area contributed by atoms with E-state index in [-0.39, 0.29) is 0 Å². The molecule has 0 heterocycles. The maximum atomic E-state index is 5.72. The highest BCUT2D eigenvalue weighted by Gasteiger charge is 1.97. The van der Waals surface area contributed by atoms with Gasteiger partial charge in [-0.1, -0.05) is 12.1 Å². The zero-order chi connectivity index (χ0) is 13.4. The van der Waals surface area contributed by atoms with Gasteiger partial charge in [0, 0.05) is 12.6 Å². The Morgan fingerprint density at radius 2 is 2.22 bits per heavy atom. The fraction of sp³-hybridized carbons (Fsp3) is 0.500. The number of methoxy groups -OCH3 is 1. The smallest absolute Gasteiger partial charge is 0.188 e. The summed E-state index contributed by atoms with van der Waals surface area (Å²) in [7, 11) is 1.68. The topological polar surface area (TPSA) is 59.6 Å². The molecule has 1 aromatic rings. The van der Waals surface area contributed by atoms with Crippen molar-refractivity contribution in [3.63, 3.8) is 0 Å². The van der Waals surface area contributed by atoms with Gasteiger partial charge in [-0.3, -0.25) is 4.99 Å². The Bertz CT molecular complexity index is 388. The molecule has 1 rings (SSSR count). The first-order valence-corrected chi connectivity index (χ1v) is 6.31. The molecule has 0 saturated heterocycles. The molecule has 0 aliphatic rings. The van der Waals surface area contributed by atoms with Gasteiger partial charge in [0.15, 0.2) is 5.96 Å². The van der Waals surface area contributed by atoms with Gasteiger partial charge in [-0.15, -0.1) is 0 Å². The molecule has 1 aromatic carbocycles. The fourth-order valence-corrected chi connectivity index (χ4v) is 1.65. The first-order chi connectivity index (χ1) is 8.61. The van der Waals surface area contributed by atoms with Gasteiger partial charge in [-0.25, -0.2) is 0 Å². The number of aliphatic imine (C=N–C) groups is 1. The predicted octanol–water partition coefficient (Wildman–Crippen LogP) is 1.94. The van der Waals surface area contributed by atoms with Crippen molar-refractivity contribution >= 4 is 5.96 Å². The molecule has 100 valence electrons. The van der Waals surface area contributed by atoms with Crippen LogP contribution in [-0.4, -0.2) is 25.7 Å². The third-order valence-corrected chi connectivity index (χ3v) is 2.48. The Kier molecular flexibility index (Phi) is 6.05. The van der Waals surface area contributed by atoms with Crippen LogP contribution in [0.15, 0.2) is 29.3 Å². The molecule has 0 radical (unpaired) electrons. The van der Waals surface area contributed by atoms with Crippen LogP contribution in [0.2, 0.25) is 0 Å².